The van der Waals surface area contributed by atoms with Gasteiger partial charge in [-0.05, 0) is 35.3 Å². The van der Waals surface area contributed by atoms with E-state index in [2.05, 4.69) is 64.4 Å². The standard InChI is InChI=1S/C22H28N2O2.C4H4O4/c1-26-22(25)11-12-23-13-15-24(16-14-23)18-21-10-6-5-9-20(21)17-19-7-3-2-4-8-19;5-3(6)1-2-4(7)8/h2-10H,11-18H2,1H3;1-2H,(H,5,6)(H,7,8)/p-2. The molecule has 0 aromatic heterocycles. The molecule has 0 unspecified atom stereocenters. The van der Waals surface area contributed by atoms with Crippen molar-refractivity contribution < 1.29 is 29.3 Å². The van der Waals surface area contributed by atoms with E-state index in [1.54, 1.807) is 0 Å². The fourth-order valence-electron chi connectivity index (χ4n) is 3.60. The van der Waals surface area contributed by atoms with Gasteiger partial charge in [-0.1, -0.05) is 54.6 Å². The van der Waals surface area contributed by atoms with Crippen LogP contribution in [0.4, 0.5) is 0 Å². The van der Waals surface area contributed by atoms with E-state index < -0.39 is 11.9 Å². The van der Waals surface area contributed by atoms with Crippen LogP contribution in [0, 0.1) is 0 Å². The molecule has 34 heavy (non-hydrogen) atoms. The van der Waals surface area contributed by atoms with Gasteiger partial charge in [0.1, 0.15) is 0 Å². The van der Waals surface area contributed by atoms with Crippen molar-refractivity contribution in [3.63, 3.8) is 0 Å². The topological polar surface area (TPSA) is 113 Å². The van der Waals surface area contributed by atoms with Crippen molar-refractivity contribution in [1.82, 2.24) is 9.80 Å². The van der Waals surface area contributed by atoms with Crippen molar-refractivity contribution in [3.05, 3.63) is 83.4 Å². The highest BCUT2D eigenvalue weighted by atomic mass is 16.5. The lowest BCUT2D eigenvalue weighted by Gasteiger charge is -2.34. The van der Waals surface area contributed by atoms with E-state index >= 15 is 0 Å². The van der Waals surface area contributed by atoms with Crippen LogP contribution in [0.2, 0.25) is 0 Å². The molecule has 3 rings (SSSR count). The Morgan fingerprint density at radius 2 is 1.35 bits per heavy atom. The molecule has 1 aliphatic heterocycles. The maximum absolute atomic E-state index is 11.3. The quantitative estimate of drug-likeness (QED) is 0.375. The van der Waals surface area contributed by atoms with E-state index in [4.69, 9.17) is 4.74 Å². The van der Waals surface area contributed by atoms with Crippen molar-refractivity contribution in [2.45, 2.75) is 19.4 Å². The third-order valence-corrected chi connectivity index (χ3v) is 5.43. The highest BCUT2D eigenvalue weighted by Crippen LogP contribution is 2.17. The minimum atomic E-state index is -1.55. The van der Waals surface area contributed by atoms with E-state index in [0.29, 0.717) is 18.6 Å². The predicted molar refractivity (Wildman–Crippen MR) is 123 cm³/mol. The van der Waals surface area contributed by atoms with Crippen LogP contribution in [0.5, 0.6) is 0 Å². The Bertz CT molecular complexity index is 937. The molecule has 0 saturated carbocycles. The number of nitrogens with zero attached hydrogens (tertiary/aromatic N) is 2. The summed E-state index contributed by atoms with van der Waals surface area (Å²) in [4.78, 5) is 35.0. The Balaban J connectivity index is 0.000000440. The van der Waals surface area contributed by atoms with Gasteiger partial charge in [0, 0.05) is 39.3 Å². The maximum Gasteiger partial charge on any atom is 0.306 e. The average molecular weight is 467 g/mol. The molecule has 1 fully saturated rings. The van der Waals surface area contributed by atoms with Gasteiger partial charge in [0.15, 0.2) is 0 Å². The normalized spacial score (nSPS) is 14.3. The van der Waals surface area contributed by atoms with Crippen molar-refractivity contribution >= 4 is 17.9 Å². The van der Waals surface area contributed by atoms with Gasteiger partial charge in [-0.15, -0.1) is 0 Å². The Morgan fingerprint density at radius 1 is 0.824 bits per heavy atom. The average Bonchev–Trinajstić information content (AvgIpc) is 2.84. The summed E-state index contributed by atoms with van der Waals surface area (Å²) in [5.41, 5.74) is 4.18. The number of carbonyl (C=O) groups is 3. The first-order chi connectivity index (χ1) is 16.4. The Hall–Kier alpha value is -3.49. The number of ether oxygens (including phenoxy) is 1. The summed E-state index contributed by atoms with van der Waals surface area (Å²) in [6, 6.07) is 19.4. The third kappa shape index (κ3) is 10.4. The van der Waals surface area contributed by atoms with Gasteiger partial charge >= 0.3 is 5.97 Å². The summed E-state index contributed by atoms with van der Waals surface area (Å²) >= 11 is 0. The van der Waals surface area contributed by atoms with Crippen LogP contribution in [0.15, 0.2) is 66.7 Å². The third-order valence-electron chi connectivity index (χ3n) is 5.43. The van der Waals surface area contributed by atoms with Crippen LogP contribution >= 0.6 is 0 Å². The summed E-state index contributed by atoms with van der Waals surface area (Å²) in [7, 11) is 1.45. The minimum absolute atomic E-state index is 0.123. The second kappa shape index (κ2) is 14.6. The van der Waals surface area contributed by atoms with Crippen LogP contribution < -0.4 is 10.2 Å². The molecule has 182 valence electrons. The van der Waals surface area contributed by atoms with Gasteiger partial charge < -0.3 is 29.4 Å². The molecule has 0 spiro atoms. The largest absolute Gasteiger partial charge is 0.545 e. The van der Waals surface area contributed by atoms with Gasteiger partial charge in [0.05, 0.1) is 25.5 Å². The Morgan fingerprint density at radius 3 is 1.91 bits per heavy atom. The number of aliphatic carboxylic acids is 2. The van der Waals surface area contributed by atoms with E-state index in [9.17, 15) is 24.6 Å². The number of esters is 1. The first-order valence-corrected chi connectivity index (χ1v) is 11.1. The van der Waals surface area contributed by atoms with Gasteiger partial charge in [-0.25, -0.2) is 0 Å². The molecule has 0 radical (unpaired) electrons. The molecular weight excluding hydrogens is 436 g/mol. The molecule has 0 aliphatic carbocycles. The molecular formula is C26H30N2O6-2. The molecule has 0 amide bonds. The molecule has 0 N–H and O–H groups in total. The number of methoxy groups -OCH3 is 1. The van der Waals surface area contributed by atoms with Crippen LogP contribution in [-0.2, 0) is 32.1 Å². The minimum Gasteiger partial charge on any atom is -0.545 e. The molecule has 1 saturated heterocycles. The lowest BCUT2D eigenvalue weighted by molar-refractivity contribution is -0.301. The first kappa shape index (κ1) is 26.8. The summed E-state index contributed by atoms with van der Waals surface area (Å²) < 4.78 is 4.73. The molecule has 8 heteroatoms. The lowest BCUT2D eigenvalue weighted by Crippen LogP contribution is -2.46. The van der Waals surface area contributed by atoms with E-state index in [0.717, 1.165) is 45.7 Å². The summed E-state index contributed by atoms with van der Waals surface area (Å²) in [5, 5.41) is 18.8. The molecule has 2 aromatic carbocycles. The summed E-state index contributed by atoms with van der Waals surface area (Å²) in [6.07, 6.45) is 2.23. The zero-order valence-corrected chi connectivity index (χ0v) is 19.4. The smallest absolute Gasteiger partial charge is 0.306 e. The van der Waals surface area contributed by atoms with Crippen LogP contribution in [0.1, 0.15) is 23.1 Å². The van der Waals surface area contributed by atoms with Crippen molar-refractivity contribution in [2.24, 2.45) is 0 Å². The van der Waals surface area contributed by atoms with E-state index in [1.165, 1.54) is 23.8 Å². The summed E-state index contributed by atoms with van der Waals surface area (Å²) in [5.74, 6) is -3.22. The summed E-state index contributed by atoms with van der Waals surface area (Å²) in [6.45, 7) is 5.90. The van der Waals surface area contributed by atoms with E-state index in [-0.39, 0.29) is 5.97 Å². The van der Waals surface area contributed by atoms with Gasteiger partial charge in [0.2, 0.25) is 0 Å². The number of carbonyl (C=O) groups excluding carboxylic acids is 3. The van der Waals surface area contributed by atoms with Crippen LogP contribution in [-0.4, -0.2) is 67.5 Å². The molecule has 0 bridgehead atoms. The highest BCUT2D eigenvalue weighted by Gasteiger charge is 2.18. The molecule has 0 atom stereocenters. The number of hydrogen-bond acceptors (Lipinski definition) is 8. The Kier molecular flexibility index (Phi) is 11.5. The monoisotopic (exact) mass is 466 g/mol. The number of carboxylic acid groups (broad SMARTS) is 2. The zero-order chi connectivity index (χ0) is 24.8. The van der Waals surface area contributed by atoms with Crippen molar-refractivity contribution in [2.75, 3.05) is 39.8 Å². The van der Waals surface area contributed by atoms with Crippen LogP contribution in [0.25, 0.3) is 0 Å². The molecule has 1 heterocycles. The fourth-order valence-corrected chi connectivity index (χ4v) is 3.60. The van der Waals surface area contributed by atoms with Crippen LogP contribution in [0.3, 0.4) is 0 Å². The zero-order valence-electron chi connectivity index (χ0n) is 19.4. The molecule has 2 aromatic rings. The Labute approximate surface area is 200 Å². The molecule has 8 nitrogen and oxygen atoms in total. The van der Waals surface area contributed by atoms with E-state index in [1.807, 2.05) is 0 Å². The number of carboxylic acids is 2. The number of rotatable bonds is 9. The van der Waals surface area contributed by atoms with Crippen molar-refractivity contribution in [1.29, 1.82) is 0 Å². The second-order valence-corrected chi connectivity index (χ2v) is 7.85. The number of hydrogen-bond donors (Lipinski definition) is 0. The number of piperazine rings is 1. The second-order valence-electron chi connectivity index (χ2n) is 7.85. The van der Waals surface area contributed by atoms with Crippen molar-refractivity contribution in [3.8, 4) is 0 Å². The lowest BCUT2D eigenvalue weighted by atomic mass is 9.99. The highest BCUT2D eigenvalue weighted by molar-refractivity contribution is 5.87. The first-order valence-electron chi connectivity index (χ1n) is 11.1. The van der Waals surface area contributed by atoms with Gasteiger partial charge in [-0.3, -0.25) is 9.69 Å². The SMILES string of the molecule is COC(=O)CCN1CCN(Cc2ccccc2Cc2ccccc2)CC1.O=C([O-])C=CC(=O)[O-]. The molecule has 1 aliphatic rings. The van der Waals surface area contributed by atoms with Gasteiger partial charge in [-0.2, -0.15) is 0 Å². The fraction of sp³-hybridized carbons (Fsp3) is 0.346. The van der Waals surface area contributed by atoms with Gasteiger partial charge in [0.25, 0.3) is 0 Å². The predicted octanol–water partition coefficient (Wildman–Crippen LogP) is 0.000500. The maximum atomic E-state index is 11.3. The number of benzene rings is 2.